The Morgan fingerprint density at radius 2 is 2.18 bits per heavy atom. The van der Waals surface area contributed by atoms with Crippen molar-refractivity contribution < 1.29 is 4.79 Å². The maximum absolute atomic E-state index is 10.7. The minimum absolute atomic E-state index is 0.206. The summed E-state index contributed by atoms with van der Waals surface area (Å²) in [5.74, 6) is 0. The summed E-state index contributed by atoms with van der Waals surface area (Å²) in [6, 6.07) is 0. The Hall–Kier alpha value is -0.240. The minimum Gasteiger partial charge on any atom is -0.288 e. The van der Waals surface area contributed by atoms with Gasteiger partial charge in [-0.1, -0.05) is 37.8 Å². The van der Waals surface area contributed by atoms with Crippen LogP contribution in [0.4, 0.5) is 0 Å². The highest BCUT2D eigenvalue weighted by atomic mass is 32.2. The molecule has 0 radical (unpaired) electrons. The van der Waals surface area contributed by atoms with E-state index in [-0.39, 0.29) is 5.12 Å². The largest absolute Gasteiger partial charge is 0.288 e. The van der Waals surface area contributed by atoms with Crippen molar-refractivity contribution in [3.05, 3.63) is 12.2 Å². The monoisotopic (exact) mass is 172 g/mol. The molecule has 0 aliphatic heterocycles. The van der Waals surface area contributed by atoms with E-state index in [4.69, 9.17) is 0 Å². The van der Waals surface area contributed by atoms with Gasteiger partial charge in [0, 0.05) is 12.2 Å². The first kappa shape index (κ1) is 10.8. The SMILES string of the molecule is CC/C=C/[C@@H](CC)SC(C)=O. The van der Waals surface area contributed by atoms with Crippen LogP contribution in [0.2, 0.25) is 0 Å². The molecule has 0 unspecified atom stereocenters. The minimum atomic E-state index is 0.206. The lowest BCUT2D eigenvalue weighted by Crippen LogP contribution is -1.98. The highest BCUT2D eigenvalue weighted by Gasteiger charge is 2.04. The Labute approximate surface area is 73.3 Å². The summed E-state index contributed by atoms with van der Waals surface area (Å²) >= 11 is 1.41. The second kappa shape index (κ2) is 6.47. The van der Waals surface area contributed by atoms with Gasteiger partial charge in [-0.2, -0.15) is 0 Å². The number of allylic oxidation sites excluding steroid dienone is 1. The molecule has 0 fully saturated rings. The van der Waals surface area contributed by atoms with Crippen LogP contribution >= 0.6 is 11.8 Å². The van der Waals surface area contributed by atoms with Gasteiger partial charge in [0.2, 0.25) is 0 Å². The number of hydrogen-bond donors (Lipinski definition) is 0. The summed E-state index contributed by atoms with van der Waals surface area (Å²) in [6.45, 7) is 5.81. The molecule has 0 bridgehead atoms. The molecule has 0 aliphatic rings. The first-order chi connectivity index (χ1) is 5.20. The van der Waals surface area contributed by atoms with Gasteiger partial charge < -0.3 is 0 Å². The van der Waals surface area contributed by atoms with Crippen LogP contribution in [-0.4, -0.2) is 10.4 Å². The van der Waals surface area contributed by atoms with E-state index in [0.29, 0.717) is 5.25 Å². The van der Waals surface area contributed by atoms with E-state index < -0.39 is 0 Å². The molecule has 11 heavy (non-hydrogen) atoms. The Kier molecular flexibility index (Phi) is 6.33. The normalized spacial score (nSPS) is 13.7. The van der Waals surface area contributed by atoms with Crippen LogP contribution in [0.3, 0.4) is 0 Å². The molecule has 0 spiro atoms. The van der Waals surface area contributed by atoms with E-state index >= 15 is 0 Å². The number of thioether (sulfide) groups is 1. The third kappa shape index (κ3) is 6.17. The third-order valence-electron chi connectivity index (χ3n) is 1.31. The van der Waals surface area contributed by atoms with E-state index in [9.17, 15) is 4.79 Å². The van der Waals surface area contributed by atoms with Gasteiger partial charge in [-0.25, -0.2) is 0 Å². The average molecular weight is 172 g/mol. The van der Waals surface area contributed by atoms with Crippen molar-refractivity contribution in [3.63, 3.8) is 0 Å². The summed E-state index contributed by atoms with van der Waals surface area (Å²) in [4.78, 5) is 10.7. The molecule has 0 rings (SSSR count). The number of carbonyl (C=O) groups excluding carboxylic acids is 1. The summed E-state index contributed by atoms with van der Waals surface area (Å²) in [7, 11) is 0. The molecule has 0 amide bonds. The van der Waals surface area contributed by atoms with E-state index in [2.05, 4.69) is 26.0 Å². The molecule has 0 aromatic carbocycles. The van der Waals surface area contributed by atoms with Crippen molar-refractivity contribution in [3.8, 4) is 0 Å². The molecule has 0 heterocycles. The van der Waals surface area contributed by atoms with Crippen molar-refractivity contribution in [1.29, 1.82) is 0 Å². The molecule has 0 saturated carbocycles. The predicted molar refractivity (Wildman–Crippen MR) is 51.8 cm³/mol. The van der Waals surface area contributed by atoms with Crippen LogP contribution in [0.25, 0.3) is 0 Å². The van der Waals surface area contributed by atoms with Crippen LogP contribution in [0, 0.1) is 0 Å². The van der Waals surface area contributed by atoms with Gasteiger partial charge in [-0.05, 0) is 12.8 Å². The average Bonchev–Trinajstić information content (AvgIpc) is 1.97. The van der Waals surface area contributed by atoms with Crippen LogP contribution in [0.1, 0.15) is 33.6 Å². The summed E-state index contributed by atoms with van der Waals surface area (Å²) in [5.41, 5.74) is 0. The van der Waals surface area contributed by atoms with E-state index in [0.717, 1.165) is 12.8 Å². The Bertz CT molecular complexity index is 140. The lowest BCUT2D eigenvalue weighted by molar-refractivity contribution is -0.109. The molecule has 1 atom stereocenters. The molecule has 0 aromatic rings. The lowest BCUT2D eigenvalue weighted by atomic mass is 10.3. The quantitative estimate of drug-likeness (QED) is 0.606. The molecule has 1 nitrogen and oxygen atoms in total. The van der Waals surface area contributed by atoms with Gasteiger partial charge in [0.15, 0.2) is 5.12 Å². The van der Waals surface area contributed by atoms with Gasteiger partial charge in [0.1, 0.15) is 0 Å². The fourth-order valence-corrected chi connectivity index (χ4v) is 1.54. The molecule has 2 heteroatoms. The number of hydrogen-bond acceptors (Lipinski definition) is 2. The molecular formula is C9H16OS. The topological polar surface area (TPSA) is 17.1 Å². The standard InChI is InChI=1S/C9H16OS/c1-4-6-7-9(5-2)11-8(3)10/h6-7,9H,4-5H2,1-3H3/b7-6+/t9-/m1/s1. The van der Waals surface area contributed by atoms with E-state index in [1.807, 2.05) is 0 Å². The van der Waals surface area contributed by atoms with Crippen LogP contribution in [0.15, 0.2) is 12.2 Å². The zero-order chi connectivity index (χ0) is 8.69. The molecule has 64 valence electrons. The molecular weight excluding hydrogens is 156 g/mol. The maximum atomic E-state index is 10.7. The van der Waals surface area contributed by atoms with E-state index in [1.165, 1.54) is 11.8 Å². The molecule has 0 saturated heterocycles. The Morgan fingerprint density at radius 3 is 2.55 bits per heavy atom. The smallest absolute Gasteiger partial charge is 0.186 e. The fourth-order valence-electron chi connectivity index (χ4n) is 0.760. The van der Waals surface area contributed by atoms with Gasteiger partial charge in [0.05, 0.1) is 0 Å². The second-order valence-electron chi connectivity index (χ2n) is 2.39. The zero-order valence-electron chi connectivity index (χ0n) is 7.46. The predicted octanol–water partition coefficient (Wildman–Crippen LogP) is 3.01. The molecule has 0 N–H and O–H groups in total. The van der Waals surface area contributed by atoms with Gasteiger partial charge >= 0.3 is 0 Å². The van der Waals surface area contributed by atoms with Gasteiger partial charge in [0.25, 0.3) is 0 Å². The van der Waals surface area contributed by atoms with Crippen molar-refractivity contribution in [2.24, 2.45) is 0 Å². The second-order valence-corrected chi connectivity index (χ2v) is 3.81. The summed E-state index contributed by atoms with van der Waals surface area (Å²) in [5, 5.41) is 0.588. The van der Waals surface area contributed by atoms with E-state index in [1.54, 1.807) is 6.92 Å². The van der Waals surface area contributed by atoms with Crippen molar-refractivity contribution in [2.75, 3.05) is 0 Å². The van der Waals surface area contributed by atoms with Crippen LogP contribution < -0.4 is 0 Å². The zero-order valence-corrected chi connectivity index (χ0v) is 8.28. The summed E-state index contributed by atoms with van der Waals surface area (Å²) in [6.07, 6.45) is 6.31. The fraction of sp³-hybridized carbons (Fsp3) is 0.667. The van der Waals surface area contributed by atoms with Crippen molar-refractivity contribution in [2.45, 2.75) is 38.9 Å². The van der Waals surface area contributed by atoms with Crippen LogP contribution in [0.5, 0.6) is 0 Å². The summed E-state index contributed by atoms with van der Waals surface area (Å²) < 4.78 is 0. The van der Waals surface area contributed by atoms with Crippen molar-refractivity contribution >= 4 is 16.9 Å². The highest BCUT2D eigenvalue weighted by Crippen LogP contribution is 2.16. The van der Waals surface area contributed by atoms with Gasteiger partial charge in [-0.15, -0.1) is 0 Å². The highest BCUT2D eigenvalue weighted by molar-refractivity contribution is 8.14. The number of rotatable bonds is 4. The molecule has 0 aromatic heterocycles. The molecule has 0 aliphatic carbocycles. The van der Waals surface area contributed by atoms with Crippen LogP contribution in [-0.2, 0) is 4.79 Å². The van der Waals surface area contributed by atoms with Gasteiger partial charge in [-0.3, -0.25) is 4.79 Å². The first-order valence-corrected chi connectivity index (χ1v) is 4.92. The lowest BCUT2D eigenvalue weighted by Gasteiger charge is -2.05. The maximum Gasteiger partial charge on any atom is 0.186 e. The van der Waals surface area contributed by atoms with Crippen molar-refractivity contribution in [1.82, 2.24) is 0 Å². The number of carbonyl (C=O) groups is 1. The Morgan fingerprint density at radius 1 is 1.55 bits per heavy atom. The first-order valence-electron chi connectivity index (χ1n) is 4.04. The third-order valence-corrected chi connectivity index (χ3v) is 2.43. The Balaban J connectivity index is 3.75.